The molecule has 0 saturated heterocycles. The van der Waals surface area contributed by atoms with Crippen molar-refractivity contribution < 1.29 is 14.6 Å². The lowest BCUT2D eigenvalue weighted by Crippen LogP contribution is -2.09. The number of nitrogen functional groups attached to an aromatic ring is 1. The van der Waals surface area contributed by atoms with Crippen molar-refractivity contribution in [2.24, 2.45) is 0 Å². The Bertz CT molecular complexity index is 421. The lowest BCUT2D eigenvalue weighted by molar-refractivity contribution is 0.0697. The van der Waals surface area contributed by atoms with Crippen LogP contribution in [0.1, 0.15) is 35.7 Å². The fraction of sp³-hybridized carbons (Fsp3) is 0.462. The number of aromatic carboxylic acids is 1. The number of carboxylic acids is 1. The Kier molecular flexibility index (Phi) is 5.78. The molecule has 0 radical (unpaired) electrons. The van der Waals surface area contributed by atoms with Gasteiger partial charge in [0, 0.05) is 5.88 Å². The summed E-state index contributed by atoms with van der Waals surface area (Å²) in [6.07, 6.45) is 2.51. The topological polar surface area (TPSA) is 72.5 Å². The number of hydrogen-bond donors (Lipinski definition) is 2. The van der Waals surface area contributed by atoms with Crippen LogP contribution in [0.5, 0.6) is 5.75 Å². The third kappa shape index (κ3) is 3.53. The van der Waals surface area contributed by atoms with Crippen molar-refractivity contribution in [3.05, 3.63) is 23.3 Å². The number of anilines is 1. The summed E-state index contributed by atoms with van der Waals surface area (Å²) in [6, 6.07) is 3.20. The molecule has 1 aromatic rings. The van der Waals surface area contributed by atoms with Crippen LogP contribution >= 0.6 is 11.6 Å². The predicted molar refractivity (Wildman–Crippen MR) is 72.6 cm³/mol. The van der Waals surface area contributed by atoms with Crippen LogP contribution in [0.4, 0.5) is 5.69 Å². The molecule has 4 nitrogen and oxygen atoms in total. The number of carboxylic acid groups (broad SMARTS) is 1. The first-order valence-corrected chi connectivity index (χ1v) is 6.48. The molecule has 1 aromatic carbocycles. The third-order valence-corrected chi connectivity index (χ3v) is 2.81. The van der Waals surface area contributed by atoms with E-state index in [2.05, 4.69) is 6.92 Å². The van der Waals surface area contributed by atoms with E-state index in [9.17, 15) is 4.79 Å². The van der Waals surface area contributed by atoms with E-state index in [1.54, 1.807) is 6.07 Å². The van der Waals surface area contributed by atoms with Crippen LogP contribution in [0.2, 0.25) is 0 Å². The van der Waals surface area contributed by atoms with Crippen LogP contribution in [0.3, 0.4) is 0 Å². The summed E-state index contributed by atoms with van der Waals surface area (Å²) in [5, 5.41) is 9.02. The second kappa shape index (κ2) is 7.11. The number of aryl methyl sites for hydroxylation is 1. The highest BCUT2D eigenvalue weighted by atomic mass is 35.5. The van der Waals surface area contributed by atoms with E-state index in [1.165, 1.54) is 6.07 Å². The Labute approximate surface area is 112 Å². The molecular weight excluding hydrogens is 254 g/mol. The van der Waals surface area contributed by atoms with Gasteiger partial charge in [-0.05, 0) is 24.5 Å². The van der Waals surface area contributed by atoms with Gasteiger partial charge in [0.1, 0.15) is 5.75 Å². The zero-order chi connectivity index (χ0) is 13.5. The lowest BCUT2D eigenvalue weighted by Gasteiger charge is -2.14. The molecule has 100 valence electrons. The average molecular weight is 272 g/mol. The van der Waals surface area contributed by atoms with Crippen molar-refractivity contribution in [3.63, 3.8) is 0 Å². The highest BCUT2D eigenvalue weighted by Gasteiger charge is 2.16. The van der Waals surface area contributed by atoms with E-state index in [4.69, 9.17) is 27.2 Å². The Morgan fingerprint density at radius 3 is 2.78 bits per heavy atom. The number of nitrogens with two attached hydrogens (primary N) is 1. The molecule has 0 fully saturated rings. The van der Waals surface area contributed by atoms with Gasteiger partial charge in [-0.15, -0.1) is 11.6 Å². The lowest BCUT2D eigenvalue weighted by atomic mass is 10.1. The van der Waals surface area contributed by atoms with Gasteiger partial charge in [0.15, 0.2) is 0 Å². The molecule has 0 aliphatic rings. The average Bonchev–Trinajstić information content (AvgIpc) is 2.32. The van der Waals surface area contributed by atoms with Gasteiger partial charge in [-0.3, -0.25) is 0 Å². The summed E-state index contributed by atoms with van der Waals surface area (Å²) in [5.41, 5.74) is 6.95. The largest absolute Gasteiger partial charge is 0.491 e. The van der Waals surface area contributed by atoms with Gasteiger partial charge in [0.05, 0.1) is 17.9 Å². The van der Waals surface area contributed by atoms with E-state index in [0.717, 1.165) is 18.4 Å². The van der Waals surface area contributed by atoms with Crippen molar-refractivity contribution in [2.75, 3.05) is 18.2 Å². The predicted octanol–water partition coefficient (Wildman–Crippen LogP) is 2.93. The molecule has 1 rings (SSSR count). The minimum atomic E-state index is -1.05. The maximum absolute atomic E-state index is 11.0. The fourth-order valence-corrected chi connectivity index (χ4v) is 1.82. The first-order valence-electron chi connectivity index (χ1n) is 5.95. The quantitative estimate of drug-likeness (QED) is 0.454. The molecule has 18 heavy (non-hydrogen) atoms. The molecule has 0 spiro atoms. The first-order chi connectivity index (χ1) is 8.61. The van der Waals surface area contributed by atoms with E-state index in [0.29, 0.717) is 24.7 Å². The van der Waals surface area contributed by atoms with Crippen LogP contribution < -0.4 is 10.5 Å². The number of benzene rings is 1. The van der Waals surface area contributed by atoms with Crippen molar-refractivity contribution in [1.82, 2.24) is 0 Å². The highest BCUT2D eigenvalue weighted by molar-refractivity contribution is 6.18. The molecule has 5 heteroatoms. The molecular formula is C13H18ClNO3. The minimum absolute atomic E-state index is 0.0693. The molecule has 0 saturated carbocycles. The molecule has 0 aliphatic carbocycles. The zero-order valence-electron chi connectivity index (χ0n) is 10.4. The normalized spacial score (nSPS) is 10.3. The number of unbranched alkanes of at least 4 members (excludes halogenated alkanes) is 1. The summed E-state index contributed by atoms with van der Waals surface area (Å²) >= 11 is 5.71. The van der Waals surface area contributed by atoms with Gasteiger partial charge in [-0.25, -0.2) is 4.79 Å². The maximum Gasteiger partial charge on any atom is 0.337 e. The van der Waals surface area contributed by atoms with Crippen LogP contribution in [0.15, 0.2) is 12.1 Å². The van der Waals surface area contributed by atoms with E-state index in [1.807, 2.05) is 0 Å². The first kappa shape index (κ1) is 14.6. The van der Waals surface area contributed by atoms with Gasteiger partial charge in [-0.2, -0.15) is 0 Å². The number of hydrogen-bond acceptors (Lipinski definition) is 3. The standard InChI is InChI=1S/C13H18ClNO3/c1-2-3-8-18-12-9(6-7-14)4-5-10(11(12)15)13(16)17/h4-5H,2-3,6-8,15H2,1H3,(H,16,17). The van der Waals surface area contributed by atoms with E-state index >= 15 is 0 Å². The number of alkyl halides is 1. The maximum atomic E-state index is 11.0. The SMILES string of the molecule is CCCCOc1c(CCCl)ccc(C(=O)O)c1N. The molecule has 0 aliphatic heterocycles. The van der Waals surface area contributed by atoms with Crippen LogP contribution in [0, 0.1) is 0 Å². The second-order valence-electron chi connectivity index (χ2n) is 3.96. The molecule has 0 unspecified atom stereocenters. The molecule has 0 aromatic heterocycles. The molecule has 0 bridgehead atoms. The smallest absolute Gasteiger partial charge is 0.337 e. The van der Waals surface area contributed by atoms with E-state index < -0.39 is 5.97 Å². The van der Waals surface area contributed by atoms with Gasteiger partial charge >= 0.3 is 5.97 Å². The summed E-state index contributed by atoms with van der Waals surface area (Å²) in [7, 11) is 0. The Morgan fingerprint density at radius 1 is 1.50 bits per heavy atom. The van der Waals surface area contributed by atoms with E-state index in [-0.39, 0.29) is 11.3 Å². The monoisotopic (exact) mass is 271 g/mol. The Hall–Kier alpha value is -1.42. The fourth-order valence-electron chi connectivity index (χ4n) is 1.62. The molecule has 0 amide bonds. The van der Waals surface area contributed by atoms with Gasteiger partial charge < -0.3 is 15.6 Å². The number of halogens is 1. The van der Waals surface area contributed by atoms with Crippen molar-refractivity contribution >= 4 is 23.3 Å². The Balaban J connectivity index is 3.05. The minimum Gasteiger partial charge on any atom is -0.491 e. The van der Waals surface area contributed by atoms with Crippen LogP contribution in [-0.4, -0.2) is 23.6 Å². The Morgan fingerprint density at radius 2 is 2.22 bits per heavy atom. The number of ether oxygens (including phenoxy) is 1. The van der Waals surface area contributed by atoms with Crippen LogP contribution in [0.25, 0.3) is 0 Å². The second-order valence-corrected chi connectivity index (χ2v) is 4.34. The number of rotatable bonds is 7. The van der Waals surface area contributed by atoms with Crippen molar-refractivity contribution in [1.29, 1.82) is 0 Å². The number of carbonyl (C=O) groups is 1. The van der Waals surface area contributed by atoms with Crippen molar-refractivity contribution in [2.45, 2.75) is 26.2 Å². The van der Waals surface area contributed by atoms with Gasteiger partial charge in [0.2, 0.25) is 0 Å². The molecule has 0 heterocycles. The van der Waals surface area contributed by atoms with Gasteiger partial charge in [-0.1, -0.05) is 19.4 Å². The van der Waals surface area contributed by atoms with Gasteiger partial charge in [0.25, 0.3) is 0 Å². The zero-order valence-corrected chi connectivity index (χ0v) is 11.2. The molecule has 3 N–H and O–H groups in total. The summed E-state index contributed by atoms with van der Waals surface area (Å²) in [6.45, 7) is 2.58. The molecule has 0 atom stereocenters. The summed E-state index contributed by atoms with van der Waals surface area (Å²) in [4.78, 5) is 11.0. The highest BCUT2D eigenvalue weighted by Crippen LogP contribution is 2.31. The summed E-state index contributed by atoms with van der Waals surface area (Å²) in [5.74, 6) is -0.148. The van der Waals surface area contributed by atoms with Crippen LogP contribution in [-0.2, 0) is 6.42 Å². The summed E-state index contributed by atoms with van der Waals surface area (Å²) < 4.78 is 5.60. The van der Waals surface area contributed by atoms with Crippen molar-refractivity contribution in [3.8, 4) is 5.75 Å². The third-order valence-electron chi connectivity index (χ3n) is 2.62.